The second kappa shape index (κ2) is 6.59. The molecule has 0 aliphatic rings. The number of nitrogens with zero attached hydrogens (tertiary/aromatic N) is 1. The Morgan fingerprint density at radius 1 is 0.920 bits per heavy atom. The number of imidazole rings is 1. The van der Waals surface area contributed by atoms with Gasteiger partial charge in [0.1, 0.15) is 0 Å². The van der Waals surface area contributed by atoms with Crippen molar-refractivity contribution in [2.75, 3.05) is 0 Å². The van der Waals surface area contributed by atoms with Crippen LogP contribution in [-0.2, 0) is 6.18 Å². The lowest BCUT2D eigenvalue weighted by atomic mass is 9.96. The van der Waals surface area contributed by atoms with Gasteiger partial charge in [-0.1, -0.05) is 31.4 Å². The van der Waals surface area contributed by atoms with Crippen molar-refractivity contribution in [1.82, 2.24) is 9.97 Å². The topological polar surface area (TPSA) is 28.7 Å². The number of aromatic nitrogens is 2. The minimum absolute atomic E-state index is 0.628. The number of hydrogen-bond donors (Lipinski definition) is 1. The zero-order valence-electron chi connectivity index (χ0n) is 13.5. The Bertz CT molecular complexity index is 918. The van der Waals surface area contributed by atoms with E-state index in [0.717, 1.165) is 39.9 Å². The normalized spacial score (nSPS) is 11.6. The molecule has 2 nitrogen and oxygen atoms in total. The van der Waals surface area contributed by atoms with E-state index in [-0.39, 0.29) is 0 Å². The first-order valence-electron chi connectivity index (χ1n) is 7.81. The highest BCUT2D eigenvalue weighted by atomic mass is 19.4. The van der Waals surface area contributed by atoms with Gasteiger partial charge in [0.25, 0.3) is 0 Å². The van der Waals surface area contributed by atoms with E-state index in [1.807, 2.05) is 18.2 Å². The van der Waals surface area contributed by atoms with Crippen LogP contribution in [0.1, 0.15) is 29.5 Å². The van der Waals surface area contributed by atoms with E-state index >= 15 is 0 Å². The van der Waals surface area contributed by atoms with Gasteiger partial charge in [0.2, 0.25) is 0 Å². The number of H-pyrrole nitrogens is 1. The van der Waals surface area contributed by atoms with Crippen molar-refractivity contribution in [1.29, 1.82) is 0 Å². The number of alkyl halides is 3. The standard InChI is InChI=1S/C20H17F3N2/c1-13(15-5-8-17(9-6-15)20(21,22)23)3-4-14(2)16-7-10-18-19(11-16)25-12-24-18/h5-12H,1-4H2,(H,24,25). The molecule has 1 N–H and O–H groups in total. The first kappa shape index (κ1) is 17.0. The van der Waals surface area contributed by atoms with E-state index in [1.54, 1.807) is 6.33 Å². The summed E-state index contributed by atoms with van der Waals surface area (Å²) >= 11 is 0. The fourth-order valence-corrected chi connectivity index (χ4v) is 2.64. The molecule has 0 atom stereocenters. The molecule has 1 heterocycles. The van der Waals surface area contributed by atoms with Crippen LogP contribution in [0, 0.1) is 0 Å². The predicted molar refractivity (Wildman–Crippen MR) is 94.8 cm³/mol. The fraction of sp³-hybridized carbons (Fsp3) is 0.150. The van der Waals surface area contributed by atoms with Crippen LogP contribution in [0.15, 0.2) is 61.9 Å². The quantitative estimate of drug-likeness (QED) is 0.597. The van der Waals surface area contributed by atoms with Gasteiger partial charge < -0.3 is 4.98 Å². The number of hydrogen-bond acceptors (Lipinski definition) is 1. The molecule has 0 unspecified atom stereocenters. The molecule has 2 aromatic carbocycles. The van der Waals surface area contributed by atoms with Gasteiger partial charge in [-0.2, -0.15) is 13.2 Å². The maximum absolute atomic E-state index is 12.6. The number of halogens is 3. The Balaban J connectivity index is 1.64. The maximum atomic E-state index is 12.6. The summed E-state index contributed by atoms with van der Waals surface area (Å²) in [5, 5.41) is 0. The third-order valence-electron chi connectivity index (χ3n) is 4.18. The molecular weight excluding hydrogens is 325 g/mol. The van der Waals surface area contributed by atoms with Crippen molar-refractivity contribution in [2.24, 2.45) is 0 Å². The SMILES string of the molecule is C=C(CCC(=C)c1ccc2[nH]cnc2c1)c1ccc(C(F)(F)F)cc1. The molecule has 128 valence electrons. The molecule has 0 aliphatic heterocycles. The highest BCUT2D eigenvalue weighted by Crippen LogP contribution is 2.31. The van der Waals surface area contributed by atoms with Crippen LogP contribution in [0.2, 0.25) is 0 Å². The van der Waals surface area contributed by atoms with E-state index in [9.17, 15) is 13.2 Å². The summed E-state index contributed by atoms with van der Waals surface area (Å²) in [6, 6.07) is 11.0. The summed E-state index contributed by atoms with van der Waals surface area (Å²) in [4.78, 5) is 7.26. The molecule has 0 saturated heterocycles. The molecule has 0 saturated carbocycles. The lowest BCUT2D eigenvalue weighted by Gasteiger charge is -2.11. The van der Waals surface area contributed by atoms with Crippen molar-refractivity contribution < 1.29 is 13.2 Å². The first-order chi connectivity index (χ1) is 11.8. The van der Waals surface area contributed by atoms with Crippen LogP contribution in [0.5, 0.6) is 0 Å². The second-order valence-electron chi connectivity index (χ2n) is 5.92. The van der Waals surface area contributed by atoms with Crippen molar-refractivity contribution in [3.8, 4) is 0 Å². The van der Waals surface area contributed by atoms with Gasteiger partial charge in [0.15, 0.2) is 0 Å². The number of nitrogens with one attached hydrogen (secondary N) is 1. The summed E-state index contributed by atoms with van der Waals surface area (Å²) in [5.74, 6) is 0. The number of aromatic amines is 1. The molecule has 0 fully saturated rings. The van der Waals surface area contributed by atoms with Crippen LogP contribution in [0.25, 0.3) is 22.2 Å². The molecule has 0 aliphatic carbocycles. The zero-order valence-corrected chi connectivity index (χ0v) is 13.5. The molecule has 0 amide bonds. The van der Waals surface area contributed by atoms with E-state index < -0.39 is 11.7 Å². The average Bonchev–Trinajstić information content (AvgIpc) is 3.06. The molecule has 25 heavy (non-hydrogen) atoms. The molecule has 0 spiro atoms. The van der Waals surface area contributed by atoms with E-state index in [2.05, 4.69) is 23.1 Å². The Morgan fingerprint density at radius 3 is 2.16 bits per heavy atom. The van der Waals surface area contributed by atoms with E-state index in [1.165, 1.54) is 12.1 Å². The van der Waals surface area contributed by atoms with Gasteiger partial charge in [-0.3, -0.25) is 0 Å². The van der Waals surface area contributed by atoms with Gasteiger partial charge in [-0.15, -0.1) is 0 Å². The van der Waals surface area contributed by atoms with Crippen LogP contribution >= 0.6 is 0 Å². The van der Waals surface area contributed by atoms with Gasteiger partial charge >= 0.3 is 6.18 Å². The number of fused-ring (bicyclic) bond motifs is 1. The summed E-state index contributed by atoms with van der Waals surface area (Å²) in [7, 11) is 0. The second-order valence-corrected chi connectivity index (χ2v) is 5.92. The third-order valence-corrected chi connectivity index (χ3v) is 4.18. The molecule has 0 radical (unpaired) electrons. The average molecular weight is 342 g/mol. The zero-order chi connectivity index (χ0) is 18.0. The summed E-state index contributed by atoms with van der Waals surface area (Å²) in [6.45, 7) is 8.08. The molecule has 0 bridgehead atoms. The fourth-order valence-electron chi connectivity index (χ4n) is 2.64. The molecule has 5 heteroatoms. The van der Waals surface area contributed by atoms with E-state index in [4.69, 9.17) is 0 Å². The first-order valence-corrected chi connectivity index (χ1v) is 7.81. The van der Waals surface area contributed by atoms with Crippen LogP contribution in [-0.4, -0.2) is 9.97 Å². The van der Waals surface area contributed by atoms with Crippen LogP contribution in [0.3, 0.4) is 0 Å². The van der Waals surface area contributed by atoms with Crippen LogP contribution < -0.4 is 0 Å². The molecule has 3 aromatic rings. The van der Waals surface area contributed by atoms with Gasteiger partial charge in [-0.05, 0) is 59.4 Å². The van der Waals surface area contributed by atoms with Gasteiger partial charge in [0.05, 0.1) is 22.9 Å². The van der Waals surface area contributed by atoms with Gasteiger partial charge in [-0.25, -0.2) is 4.98 Å². The summed E-state index contributed by atoms with van der Waals surface area (Å²) < 4.78 is 37.8. The smallest absolute Gasteiger partial charge is 0.345 e. The van der Waals surface area contributed by atoms with Gasteiger partial charge in [0, 0.05) is 0 Å². The van der Waals surface area contributed by atoms with Crippen LogP contribution in [0.4, 0.5) is 13.2 Å². The molecular formula is C20H17F3N2. The third kappa shape index (κ3) is 3.82. The predicted octanol–water partition coefficient (Wildman–Crippen LogP) is 6.09. The Kier molecular flexibility index (Phi) is 4.49. The summed E-state index contributed by atoms with van der Waals surface area (Å²) in [6.07, 6.45) is -1.37. The lowest BCUT2D eigenvalue weighted by molar-refractivity contribution is -0.137. The number of allylic oxidation sites excluding steroid dienone is 2. The molecule has 3 rings (SSSR count). The minimum atomic E-state index is -4.32. The van der Waals surface area contributed by atoms with Crippen molar-refractivity contribution in [3.05, 3.63) is 78.6 Å². The highest BCUT2D eigenvalue weighted by Gasteiger charge is 2.29. The van der Waals surface area contributed by atoms with Crippen molar-refractivity contribution >= 4 is 22.2 Å². The Labute approximate surface area is 143 Å². The largest absolute Gasteiger partial charge is 0.416 e. The summed E-state index contributed by atoms with van der Waals surface area (Å²) in [5.41, 5.74) is 4.63. The monoisotopic (exact) mass is 342 g/mol. The maximum Gasteiger partial charge on any atom is 0.416 e. The number of benzene rings is 2. The van der Waals surface area contributed by atoms with Crippen molar-refractivity contribution in [2.45, 2.75) is 19.0 Å². The minimum Gasteiger partial charge on any atom is -0.345 e. The Morgan fingerprint density at radius 2 is 1.52 bits per heavy atom. The molecule has 1 aromatic heterocycles. The Hall–Kier alpha value is -2.82. The van der Waals surface area contributed by atoms with E-state index in [0.29, 0.717) is 18.4 Å². The number of rotatable bonds is 5. The van der Waals surface area contributed by atoms with Crippen molar-refractivity contribution in [3.63, 3.8) is 0 Å². The highest BCUT2D eigenvalue weighted by molar-refractivity contribution is 5.80. The lowest BCUT2D eigenvalue weighted by Crippen LogP contribution is -2.04.